The number of rotatable bonds is 28. The average Bonchev–Trinajstić information content (AvgIpc) is 2.90. The summed E-state index contributed by atoms with van der Waals surface area (Å²) in [5, 5.41) is 8.80. The van der Waals surface area contributed by atoms with Gasteiger partial charge in [0.15, 0.2) is 0 Å². The van der Waals surface area contributed by atoms with Crippen molar-refractivity contribution in [2.24, 2.45) is 0 Å². The van der Waals surface area contributed by atoms with Crippen molar-refractivity contribution < 1.29 is 38.0 Å². The van der Waals surface area contributed by atoms with Crippen LogP contribution in [0.1, 0.15) is 96.8 Å². The van der Waals surface area contributed by atoms with Crippen LogP contribution in [0.2, 0.25) is 0 Å². The SMILES string of the molecule is CCCCCCCCCCCCCCCCOCCOP(=O)(O)COCCOc1cc(OCCO)nc(N)n1. The zero-order valence-corrected chi connectivity index (χ0v) is 24.8. The van der Waals surface area contributed by atoms with E-state index < -0.39 is 13.9 Å². The summed E-state index contributed by atoms with van der Waals surface area (Å²) in [4.78, 5) is 17.6. The first-order valence-corrected chi connectivity index (χ1v) is 16.4. The molecule has 0 saturated heterocycles. The van der Waals surface area contributed by atoms with Gasteiger partial charge in [-0.2, -0.15) is 9.97 Å². The van der Waals surface area contributed by atoms with E-state index in [1.807, 2.05) is 0 Å². The number of anilines is 1. The van der Waals surface area contributed by atoms with E-state index in [2.05, 4.69) is 16.9 Å². The van der Waals surface area contributed by atoms with E-state index >= 15 is 0 Å². The summed E-state index contributed by atoms with van der Waals surface area (Å²) in [5.74, 6) is 0.298. The van der Waals surface area contributed by atoms with Gasteiger partial charge in [-0.3, -0.25) is 4.57 Å². The van der Waals surface area contributed by atoms with E-state index in [1.54, 1.807) is 0 Å². The molecule has 0 saturated carbocycles. The summed E-state index contributed by atoms with van der Waals surface area (Å²) in [6, 6.07) is 1.42. The van der Waals surface area contributed by atoms with Crippen LogP contribution in [0.5, 0.6) is 11.8 Å². The van der Waals surface area contributed by atoms with Crippen molar-refractivity contribution in [1.29, 1.82) is 0 Å². The number of aromatic nitrogens is 2. The Labute approximate surface area is 234 Å². The highest BCUT2D eigenvalue weighted by Crippen LogP contribution is 2.41. The highest BCUT2D eigenvalue weighted by atomic mass is 31.2. The van der Waals surface area contributed by atoms with Gasteiger partial charge < -0.3 is 39.2 Å². The number of ether oxygens (including phenoxy) is 4. The fraction of sp³-hybridized carbons (Fsp3) is 0.852. The van der Waals surface area contributed by atoms with Crippen LogP contribution < -0.4 is 15.2 Å². The Morgan fingerprint density at radius 1 is 0.718 bits per heavy atom. The van der Waals surface area contributed by atoms with Crippen molar-refractivity contribution in [3.63, 3.8) is 0 Å². The summed E-state index contributed by atoms with van der Waals surface area (Å²) in [5.41, 5.74) is 5.58. The van der Waals surface area contributed by atoms with E-state index in [4.69, 9.17) is 34.3 Å². The second kappa shape index (κ2) is 24.3. The normalized spacial score (nSPS) is 12.9. The largest absolute Gasteiger partial charge is 0.475 e. The number of aliphatic hydroxyl groups is 1. The Morgan fingerprint density at radius 2 is 1.23 bits per heavy atom. The van der Waals surface area contributed by atoms with Crippen LogP contribution in [0.25, 0.3) is 0 Å². The van der Waals surface area contributed by atoms with Crippen molar-refractivity contribution in [1.82, 2.24) is 9.97 Å². The Kier molecular flexibility index (Phi) is 22.2. The van der Waals surface area contributed by atoms with Crippen molar-refractivity contribution in [3.05, 3.63) is 6.07 Å². The minimum atomic E-state index is -3.87. The summed E-state index contributed by atoms with van der Waals surface area (Å²) in [6.45, 7) is 3.20. The molecular weight excluding hydrogens is 525 g/mol. The lowest BCUT2D eigenvalue weighted by Crippen LogP contribution is -2.11. The fourth-order valence-electron chi connectivity index (χ4n) is 3.88. The Hall–Kier alpha value is -1.49. The predicted molar refractivity (Wildman–Crippen MR) is 152 cm³/mol. The molecule has 1 aromatic heterocycles. The van der Waals surface area contributed by atoms with Gasteiger partial charge in [0.05, 0.1) is 32.5 Å². The van der Waals surface area contributed by atoms with E-state index in [-0.39, 0.29) is 57.3 Å². The third kappa shape index (κ3) is 21.9. The smallest absolute Gasteiger partial charge is 0.353 e. The lowest BCUT2D eigenvalue weighted by molar-refractivity contribution is 0.0802. The summed E-state index contributed by atoms with van der Waals surface area (Å²) in [7, 11) is -3.87. The quantitative estimate of drug-likeness (QED) is 0.0856. The Balaban J connectivity index is 1.91. The highest BCUT2D eigenvalue weighted by molar-refractivity contribution is 7.52. The average molecular weight is 578 g/mol. The maximum absolute atomic E-state index is 12.0. The maximum Gasteiger partial charge on any atom is 0.353 e. The molecule has 12 heteroatoms. The van der Waals surface area contributed by atoms with E-state index in [0.29, 0.717) is 6.61 Å². The van der Waals surface area contributed by atoms with Gasteiger partial charge in [0.1, 0.15) is 19.6 Å². The third-order valence-corrected chi connectivity index (χ3v) is 7.03. The second-order valence-corrected chi connectivity index (χ2v) is 11.3. The van der Waals surface area contributed by atoms with Gasteiger partial charge >= 0.3 is 7.60 Å². The summed E-state index contributed by atoms with van der Waals surface area (Å²) >= 11 is 0. The molecule has 1 rings (SSSR count). The van der Waals surface area contributed by atoms with Crippen LogP contribution in [0.4, 0.5) is 5.95 Å². The van der Waals surface area contributed by atoms with Crippen molar-refractivity contribution >= 4 is 13.5 Å². The fourth-order valence-corrected chi connectivity index (χ4v) is 4.68. The molecule has 0 amide bonds. The number of aliphatic hydroxyl groups excluding tert-OH is 1. The molecule has 4 N–H and O–H groups in total. The van der Waals surface area contributed by atoms with E-state index in [0.717, 1.165) is 12.8 Å². The van der Waals surface area contributed by atoms with Crippen LogP contribution in [0.15, 0.2) is 6.07 Å². The zero-order chi connectivity index (χ0) is 28.4. The molecule has 0 aromatic carbocycles. The lowest BCUT2D eigenvalue weighted by Gasteiger charge is -2.13. The molecule has 1 heterocycles. The van der Waals surface area contributed by atoms with Gasteiger partial charge in [0.2, 0.25) is 17.7 Å². The molecule has 11 nitrogen and oxygen atoms in total. The monoisotopic (exact) mass is 577 g/mol. The van der Waals surface area contributed by atoms with E-state index in [9.17, 15) is 9.46 Å². The molecular formula is C27H52N3O8P. The van der Waals surface area contributed by atoms with Crippen molar-refractivity contribution in [2.75, 3.05) is 58.3 Å². The standard InChI is InChI=1S/C27H52N3O8P/c1-2-3-4-5-6-7-8-9-10-11-12-13-14-15-17-34-20-22-38-39(32,33)24-35-19-21-37-26-23-25(36-18-16-31)29-27(28)30-26/h23,31H,2-22,24H2,1H3,(H,32,33)(H2,28,29,30). The van der Waals surface area contributed by atoms with Gasteiger partial charge in [0.25, 0.3) is 0 Å². The maximum atomic E-state index is 12.0. The molecule has 0 aliphatic heterocycles. The number of nitrogens with two attached hydrogens (primary N) is 1. The Bertz CT molecular complexity index is 760. The van der Waals surface area contributed by atoms with E-state index in [1.165, 1.54) is 83.1 Å². The number of hydrogen-bond acceptors (Lipinski definition) is 10. The molecule has 0 aliphatic rings. The molecule has 1 aromatic rings. The Morgan fingerprint density at radius 3 is 1.79 bits per heavy atom. The van der Waals surface area contributed by atoms with Gasteiger partial charge in [-0.25, -0.2) is 0 Å². The zero-order valence-electron chi connectivity index (χ0n) is 23.9. The minimum absolute atomic E-state index is 0.0308. The molecule has 1 atom stereocenters. The third-order valence-electron chi connectivity index (χ3n) is 5.93. The van der Waals surface area contributed by atoms with Crippen LogP contribution in [0.3, 0.4) is 0 Å². The number of unbranched alkanes of at least 4 members (excludes halogenated alkanes) is 13. The topological polar surface area (TPSA) is 155 Å². The first-order valence-electron chi connectivity index (χ1n) is 14.6. The molecule has 0 fully saturated rings. The van der Waals surface area contributed by atoms with Crippen LogP contribution in [-0.4, -0.2) is 72.6 Å². The highest BCUT2D eigenvalue weighted by Gasteiger charge is 2.19. The molecule has 0 bridgehead atoms. The summed E-state index contributed by atoms with van der Waals surface area (Å²) in [6.07, 6.45) is 17.9. The molecule has 0 spiro atoms. The van der Waals surface area contributed by atoms with Gasteiger partial charge in [-0.1, -0.05) is 90.4 Å². The predicted octanol–water partition coefficient (Wildman–Crippen LogP) is 5.48. The first kappa shape index (κ1) is 35.5. The minimum Gasteiger partial charge on any atom is -0.475 e. The second-order valence-electron chi connectivity index (χ2n) is 9.54. The van der Waals surface area contributed by atoms with Gasteiger partial charge in [0, 0.05) is 6.61 Å². The van der Waals surface area contributed by atoms with Crippen molar-refractivity contribution in [3.8, 4) is 11.8 Å². The molecule has 228 valence electrons. The summed E-state index contributed by atoms with van der Waals surface area (Å²) < 4.78 is 38.3. The first-order chi connectivity index (χ1) is 19.0. The molecule has 0 radical (unpaired) electrons. The molecule has 0 aliphatic carbocycles. The van der Waals surface area contributed by atoms with Crippen LogP contribution in [0, 0.1) is 0 Å². The van der Waals surface area contributed by atoms with Gasteiger partial charge in [-0.15, -0.1) is 0 Å². The van der Waals surface area contributed by atoms with Crippen molar-refractivity contribution in [2.45, 2.75) is 96.8 Å². The van der Waals surface area contributed by atoms with Crippen LogP contribution >= 0.6 is 7.60 Å². The molecule has 39 heavy (non-hydrogen) atoms. The number of nitrogens with zero attached hydrogens (tertiary/aromatic N) is 2. The van der Waals surface area contributed by atoms with Crippen LogP contribution in [-0.2, 0) is 18.6 Å². The number of hydrogen-bond donors (Lipinski definition) is 3. The lowest BCUT2D eigenvalue weighted by atomic mass is 10.0. The molecule has 1 unspecified atom stereocenters. The van der Waals surface area contributed by atoms with Gasteiger partial charge in [-0.05, 0) is 6.42 Å². The number of nitrogen functional groups attached to an aromatic ring is 1.